The van der Waals surface area contributed by atoms with Crippen LogP contribution in [0.15, 0.2) is 59.2 Å². The summed E-state index contributed by atoms with van der Waals surface area (Å²) in [6.45, 7) is 3.84. The van der Waals surface area contributed by atoms with Crippen molar-refractivity contribution in [3.05, 3.63) is 71.0 Å². The fourth-order valence-corrected chi connectivity index (χ4v) is 4.92. The van der Waals surface area contributed by atoms with Crippen molar-refractivity contribution in [1.29, 1.82) is 0 Å². The standard InChI is InChI=1S/C24H22N4O3S/c1-15-4-6-16(7-5-15)18-9-8-17-20(25)21(32-22(17)26-18)24(30)28-12-10-27(11-13-28)23(29)19-3-2-14-31-19/h2-9,14H,10-13,25H2,1H3. The number of amides is 2. The molecule has 3 aromatic heterocycles. The molecule has 8 heteroatoms. The van der Waals surface area contributed by atoms with E-state index in [1.165, 1.54) is 23.2 Å². The summed E-state index contributed by atoms with van der Waals surface area (Å²) >= 11 is 1.32. The zero-order valence-corrected chi connectivity index (χ0v) is 18.4. The number of pyridine rings is 1. The van der Waals surface area contributed by atoms with E-state index < -0.39 is 0 Å². The van der Waals surface area contributed by atoms with Crippen LogP contribution < -0.4 is 5.73 Å². The molecule has 1 aromatic carbocycles. The molecular weight excluding hydrogens is 424 g/mol. The number of carbonyl (C=O) groups is 2. The number of nitrogens with zero attached hydrogens (tertiary/aromatic N) is 3. The number of nitrogen functional groups attached to an aromatic ring is 1. The van der Waals surface area contributed by atoms with Gasteiger partial charge in [-0.25, -0.2) is 4.98 Å². The van der Waals surface area contributed by atoms with Crippen molar-refractivity contribution >= 4 is 39.1 Å². The fraction of sp³-hybridized carbons (Fsp3) is 0.208. The number of anilines is 1. The highest BCUT2D eigenvalue weighted by Crippen LogP contribution is 2.35. The van der Waals surface area contributed by atoms with Crippen LogP contribution >= 0.6 is 11.3 Å². The van der Waals surface area contributed by atoms with Crippen LogP contribution in [-0.2, 0) is 0 Å². The molecule has 0 spiro atoms. The Balaban J connectivity index is 1.34. The van der Waals surface area contributed by atoms with Gasteiger partial charge >= 0.3 is 0 Å². The van der Waals surface area contributed by atoms with Crippen LogP contribution in [0.5, 0.6) is 0 Å². The lowest BCUT2D eigenvalue weighted by atomic mass is 10.1. The molecule has 4 aromatic rings. The minimum atomic E-state index is -0.156. The average molecular weight is 447 g/mol. The van der Waals surface area contributed by atoms with E-state index in [4.69, 9.17) is 15.1 Å². The van der Waals surface area contributed by atoms with Gasteiger partial charge in [0.1, 0.15) is 9.71 Å². The molecule has 162 valence electrons. The summed E-state index contributed by atoms with van der Waals surface area (Å²) in [4.78, 5) is 35.1. The summed E-state index contributed by atoms with van der Waals surface area (Å²) in [5, 5.41) is 0.792. The van der Waals surface area contributed by atoms with E-state index in [-0.39, 0.29) is 11.8 Å². The van der Waals surface area contributed by atoms with E-state index in [9.17, 15) is 9.59 Å². The van der Waals surface area contributed by atoms with Crippen molar-refractivity contribution in [2.75, 3.05) is 31.9 Å². The number of rotatable bonds is 3. The number of aromatic nitrogens is 1. The van der Waals surface area contributed by atoms with Crippen molar-refractivity contribution < 1.29 is 14.0 Å². The number of fused-ring (bicyclic) bond motifs is 1. The molecule has 1 saturated heterocycles. The van der Waals surface area contributed by atoms with Crippen LogP contribution in [0, 0.1) is 6.92 Å². The second kappa shape index (κ2) is 8.12. The molecule has 1 aliphatic rings. The molecule has 0 atom stereocenters. The second-order valence-electron chi connectivity index (χ2n) is 7.82. The highest BCUT2D eigenvalue weighted by Gasteiger charge is 2.29. The molecule has 0 radical (unpaired) electrons. The van der Waals surface area contributed by atoms with E-state index in [2.05, 4.69) is 12.1 Å². The number of piperazine rings is 1. The lowest BCUT2D eigenvalue weighted by molar-refractivity contribution is 0.0521. The monoisotopic (exact) mass is 446 g/mol. The van der Waals surface area contributed by atoms with Crippen LogP contribution in [0.4, 0.5) is 5.69 Å². The number of thiophene rings is 1. The normalized spacial score (nSPS) is 14.2. The highest BCUT2D eigenvalue weighted by atomic mass is 32.1. The van der Waals surface area contributed by atoms with Gasteiger partial charge in [0.15, 0.2) is 5.76 Å². The van der Waals surface area contributed by atoms with Gasteiger partial charge in [0.05, 0.1) is 17.6 Å². The third-order valence-corrected chi connectivity index (χ3v) is 6.82. The lowest BCUT2D eigenvalue weighted by Gasteiger charge is -2.34. The van der Waals surface area contributed by atoms with E-state index in [1.807, 2.05) is 31.2 Å². The van der Waals surface area contributed by atoms with Crippen molar-refractivity contribution in [1.82, 2.24) is 14.8 Å². The van der Waals surface area contributed by atoms with E-state index in [1.54, 1.807) is 21.9 Å². The van der Waals surface area contributed by atoms with Crippen molar-refractivity contribution in [2.45, 2.75) is 6.92 Å². The van der Waals surface area contributed by atoms with Crippen LogP contribution in [0.3, 0.4) is 0 Å². The van der Waals surface area contributed by atoms with Crippen LogP contribution in [0.2, 0.25) is 0 Å². The van der Waals surface area contributed by atoms with Gasteiger partial charge in [0.2, 0.25) is 0 Å². The Labute approximate surface area is 189 Å². The summed E-state index contributed by atoms with van der Waals surface area (Å²) in [5.74, 6) is 0.0396. The zero-order valence-electron chi connectivity index (χ0n) is 17.6. The number of furan rings is 1. The van der Waals surface area contributed by atoms with Crippen LogP contribution in [-0.4, -0.2) is 52.8 Å². The quantitative estimate of drug-likeness (QED) is 0.513. The number of hydrogen-bond donors (Lipinski definition) is 1. The summed E-state index contributed by atoms with van der Waals surface area (Å²) in [5.41, 5.74) is 9.87. The molecule has 2 N–H and O–H groups in total. The van der Waals surface area contributed by atoms with Crippen LogP contribution in [0.1, 0.15) is 25.8 Å². The SMILES string of the molecule is Cc1ccc(-c2ccc3c(N)c(C(=O)N4CCN(C(=O)c5ccco5)CC4)sc3n2)cc1. The molecule has 4 heterocycles. The Morgan fingerprint density at radius 2 is 1.66 bits per heavy atom. The largest absolute Gasteiger partial charge is 0.459 e. The molecule has 0 aliphatic carbocycles. The maximum absolute atomic E-state index is 13.2. The predicted octanol–water partition coefficient (Wildman–Crippen LogP) is 4.05. The number of hydrogen-bond acceptors (Lipinski definition) is 6. The Morgan fingerprint density at radius 1 is 0.969 bits per heavy atom. The fourth-order valence-electron chi connectivity index (χ4n) is 3.85. The maximum Gasteiger partial charge on any atom is 0.289 e. The molecule has 1 aliphatic heterocycles. The van der Waals surface area contributed by atoms with Gasteiger partial charge in [0.25, 0.3) is 11.8 Å². The maximum atomic E-state index is 13.2. The summed E-state index contributed by atoms with van der Waals surface area (Å²) in [6, 6.07) is 15.4. The Hall–Kier alpha value is -3.65. The van der Waals surface area contributed by atoms with Gasteiger partial charge in [-0.05, 0) is 31.2 Å². The number of nitrogens with two attached hydrogens (primary N) is 1. The predicted molar refractivity (Wildman–Crippen MR) is 125 cm³/mol. The third kappa shape index (κ3) is 3.62. The first-order valence-corrected chi connectivity index (χ1v) is 11.2. The first-order valence-electron chi connectivity index (χ1n) is 10.4. The van der Waals surface area contributed by atoms with Crippen molar-refractivity contribution in [3.8, 4) is 11.3 Å². The molecule has 32 heavy (non-hydrogen) atoms. The topological polar surface area (TPSA) is 92.7 Å². The van der Waals surface area contributed by atoms with Gasteiger partial charge in [-0.1, -0.05) is 29.8 Å². The van der Waals surface area contributed by atoms with Gasteiger partial charge in [-0.3, -0.25) is 9.59 Å². The Bertz CT molecular complexity index is 1290. The minimum absolute atomic E-state index is 0.118. The molecule has 7 nitrogen and oxygen atoms in total. The highest BCUT2D eigenvalue weighted by molar-refractivity contribution is 7.21. The van der Waals surface area contributed by atoms with E-state index >= 15 is 0 Å². The van der Waals surface area contributed by atoms with Gasteiger partial charge in [0, 0.05) is 37.1 Å². The molecular formula is C24H22N4O3S. The van der Waals surface area contributed by atoms with Crippen LogP contribution in [0.25, 0.3) is 21.5 Å². The van der Waals surface area contributed by atoms with E-state index in [0.29, 0.717) is 42.5 Å². The number of carbonyl (C=O) groups excluding carboxylic acids is 2. The summed E-state index contributed by atoms with van der Waals surface area (Å²) in [7, 11) is 0. The van der Waals surface area contributed by atoms with Crippen molar-refractivity contribution in [2.24, 2.45) is 0 Å². The molecule has 0 saturated carbocycles. The zero-order chi connectivity index (χ0) is 22.2. The first kappa shape index (κ1) is 20.3. The average Bonchev–Trinajstić information content (AvgIpc) is 3.47. The van der Waals surface area contributed by atoms with E-state index in [0.717, 1.165) is 21.5 Å². The second-order valence-corrected chi connectivity index (χ2v) is 8.82. The lowest BCUT2D eigenvalue weighted by Crippen LogP contribution is -2.50. The molecule has 0 unspecified atom stereocenters. The Kier molecular flexibility index (Phi) is 5.14. The summed E-state index contributed by atoms with van der Waals surface area (Å²) < 4.78 is 5.20. The minimum Gasteiger partial charge on any atom is -0.459 e. The molecule has 1 fully saturated rings. The molecule has 5 rings (SSSR count). The summed E-state index contributed by atoms with van der Waals surface area (Å²) in [6.07, 6.45) is 1.48. The smallest absolute Gasteiger partial charge is 0.289 e. The molecule has 2 amide bonds. The number of aryl methyl sites for hydroxylation is 1. The first-order chi connectivity index (χ1) is 15.5. The number of benzene rings is 1. The van der Waals surface area contributed by atoms with Gasteiger partial charge in [-0.15, -0.1) is 11.3 Å². The Morgan fingerprint density at radius 3 is 2.31 bits per heavy atom. The van der Waals surface area contributed by atoms with Crippen molar-refractivity contribution in [3.63, 3.8) is 0 Å². The molecule has 0 bridgehead atoms. The van der Waals surface area contributed by atoms with Gasteiger partial charge in [-0.2, -0.15) is 0 Å². The van der Waals surface area contributed by atoms with Gasteiger partial charge < -0.3 is 20.0 Å². The third-order valence-electron chi connectivity index (χ3n) is 5.72.